The molecule has 95 heavy (non-hydrogen) atoms. The molecule has 0 aromatic heterocycles. The summed E-state index contributed by atoms with van der Waals surface area (Å²) in [7, 11) is 0. The lowest BCUT2D eigenvalue weighted by molar-refractivity contribution is -0.143. The Labute approximate surface area is 552 Å². The first kappa shape index (κ1) is 78.0. The summed E-state index contributed by atoms with van der Waals surface area (Å²) < 4.78 is 0. The van der Waals surface area contributed by atoms with Crippen molar-refractivity contribution in [1.82, 2.24) is 58.1 Å². The van der Waals surface area contributed by atoms with Crippen LogP contribution < -0.4 is 64.6 Å². The lowest BCUT2D eigenvalue weighted by Gasteiger charge is -2.31. The zero-order chi connectivity index (χ0) is 70.8. The normalized spacial score (nSPS) is 16.5. The van der Waals surface area contributed by atoms with E-state index in [1.54, 1.807) is 36.6 Å². The van der Waals surface area contributed by atoms with E-state index in [-0.39, 0.29) is 56.6 Å². The second kappa shape index (κ2) is 38.1. The van der Waals surface area contributed by atoms with Crippen molar-refractivity contribution in [3.05, 3.63) is 95.6 Å². The van der Waals surface area contributed by atoms with Crippen molar-refractivity contribution in [2.24, 2.45) is 17.4 Å². The van der Waals surface area contributed by atoms with Crippen molar-refractivity contribution in [1.29, 1.82) is 0 Å². The van der Waals surface area contributed by atoms with Gasteiger partial charge in [0, 0.05) is 25.8 Å². The fourth-order valence-electron chi connectivity index (χ4n) is 9.78. The molecule has 1 fully saturated rings. The minimum atomic E-state index is -1.83. The van der Waals surface area contributed by atoms with Crippen molar-refractivity contribution < 1.29 is 93.0 Å². The standard InChI is InChI=1S/C62H87N13O19S/c1-31(2)50(73-57(89)44(28-47(63)81)70-58(90)46-13-10-23-75(46)62(94)45(30-76)72-54(86)40(22-24-95-6)67-59(91)49(64)33(4)77)60(92)71-42(26-36-14-18-38(79)19-15-36)55(87)69-43(27-37-16-20-39(80)21-17-37)56(88)74-51(34(5)78)61(93)66-32(3)52(84)68-41(53(85)65-29-48(82)83)25-35-11-8-7-9-12-35/h7-9,11-12,14-21,31-34,40-46,49-51,76-80H,10,13,22-30,64H2,1-6H3,(H2,63,81)(H,65,85)(H,66,93)(H,67,91)(H,68,84)(H,69,87)(H,70,90)(H,71,92)(H,72,86)(H,73,89)(H,74,88)(H,82,83)/t32-,33+,34+,40-,41-,42-,43-,44-,45-,46-,49-,50-,51-/m0/s1. The van der Waals surface area contributed by atoms with Crippen LogP contribution >= 0.6 is 11.8 Å². The SMILES string of the molecule is CSCC[C@H](NC(=O)[C@@H](N)[C@@H](C)O)C(=O)N[C@@H](CO)C(=O)N1CCC[C@H]1C(=O)N[C@@H](CC(N)=O)C(=O)N[C@H](C(=O)N[C@@H](Cc1ccc(O)cc1)C(=O)N[C@@H](Cc1ccc(O)cc1)C(=O)N[C@H](C(=O)N[C@@H](C)C(=O)N[C@@H](Cc1ccccc1)C(=O)NCC(=O)O)[C@@H](C)O)C(C)C. The Morgan fingerprint density at radius 1 is 0.547 bits per heavy atom. The molecule has 1 heterocycles. The lowest BCUT2D eigenvalue weighted by Crippen LogP contribution is -2.62. The number of carboxylic acids is 1. The van der Waals surface area contributed by atoms with E-state index in [4.69, 9.17) is 16.6 Å². The number of amides is 12. The Hall–Kier alpha value is -9.44. The summed E-state index contributed by atoms with van der Waals surface area (Å²) in [6, 6.07) is 2.35. The monoisotopic (exact) mass is 1350 g/mol. The highest BCUT2D eigenvalue weighted by atomic mass is 32.2. The second-order valence-corrected chi connectivity index (χ2v) is 24.2. The lowest BCUT2D eigenvalue weighted by atomic mass is 9.99. The number of primary amides is 1. The van der Waals surface area contributed by atoms with Crippen LogP contribution in [0.3, 0.4) is 0 Å². The fraction of sp³-hybridized carbons (Fsp3) is 0.500. The number of nitrogens with zero attached hydrogens (tertiary/aromatic N) is 1. The van der Waals surface area contributed by atoms with Gasteiger partial charge in [0.25, 0.3) is 0 Å². The zero-order valence-electron chi connectivity index (χ0n) is 53.4. The summed E-state index contributed by atoms with van der Waals surface area (Å²) in [5.74, 6) is -14.0. The molecule has 33 heteroatoms. The highest BCUT2D eigenvalue weighted by Crippen LogP contribution is 2.21. The highest BCUT2D eigenvalue weighted by Gasteiger charge is 2.41. The first-order valence-corrected chi connectivity index (χ1v) is 31.9. The Balaban J connectivity index is 1.57. The Bertz CT molecular complexity index is 3160. The van der Waals surface area contributed by atoms with Gasteiger partial charge in [0.15, 0.2) is 0 Å². The van der Waals surface area contributed by atoms with Gasteiger partial charge in [-0.05, 0) is 98.9 Å². The van der Waals surface area contributed by atoms with Crippen LogP contribution in [0.5, 0.6) is 11.5 Å². The number of nitrogens with two attached hydrogens (primary N) is 2. The molecular weight excluding hydrogens is 1260 g/mol. The van der Waals surface area contributed by atoms with Crippen LogP contribution in [0.2, 0.25) is 0 Å². The van der Waals surface area contributed by atoms with Crippen molar-refractivity contribution in [3.63, 3.8) is 0 Å². The number of aliphatic hydroxyl groups is 3. The van der Waals surface area contributed by atoms with Gasteiger partial charge in [-0.15, -0.1) is 0 Å². The van der Waals surface area contributed by atoms with Gasteiger partial charge < -0.3 is 100 Å². The first-order chi connectivity index (χ1) is 44.8. The van der Waals surface area contributed by atoms with Gasteiger partial charge in [-0.25, -0.2) is 0 Å². The number of likely N-dealkylation sites (tertiary alicyclic amines) is 1. The number of aliphatic hydroxyl groups excluding tert-OH is 3. The van der Waals surface area contributed by atoms with Gasteiger partial charge in [-0.2, -0.15) is 11.8 Å². The maximum absolute atomic E-state index is 14.7. The number of hydrogen-bond donors (Lipinski definition) is 18. The van der Waals surface area contributed by atoms with Crippen molar-refractivity contribution in [2.45, 2.75) is 158 Å². The van der Waals surface area contributed by atoms with E-state index in [0.29, 0.717) is 22.4 Å². The molecule has 520 valence electrons. The number of phenols is 2. The fourth-order valence-corrected chi connectivity index (χ4v) is 10.2. The minimum Gasteiger partial charge on any atom is -0.508 e. The molecule has 0 unspecified atom stereocenters. The Morgan fingerprint density at radius 2 is 1.01 bits per heavy atom. The van der Waals surface area contributed by atoms with Crippen molar-refractivity contribution >= 4 is 88.6 Å². The number of carboxylic acid groups (broad SMARTS) is 1. The number of phenolic OH excluding ortho intramolecular Hbond substituents is 2. The summed E-state index contributed by atoms with van der Waals surface area (Å²) in [4.78, 5) is 178. The van der Waals surface area contributed by atoms with Gasteiger partial charge in [-0.1, -0.05) is 68.4 Å². The molecule has 20 N–H and O–H groups in total. The third kappa shape index (κ3) is 25.1. The number of carbonyl (C=O) groups is 13. The second-order valence-electron chi connectivity index (χ2n) is 23.2. The van der Waals surface area contributed by atoms with Crippen LogP contribution in [0, 0.1) is 5.92 Å². The van der Waals surface area contributed by atoms with Crippen LogP contribution in [-0.4, -0.2) is 223 Å². The Morgan fingerprint density at radius 3 is 1.52 bits per heavy atom. The van der Waals surface area contributed by atoms with Gasteiger partial charge in [0.2, 0.25) is 70.9 Å². The number of carbonyl (C=O) groups excluding carboxylic acids is 12. The van der Waals surface area contributed by atoms with Crippen LogP contribution in [0.25, 0.3) is 0 Å². The molecule has 0 spiro atoms. The summed E-state index contributed by atoms with van der Waals surface area (Å²) in [5, 5.41) is 84.8. The van der Waals surface area contributed by atoms with E-state index in [9.17, 15) is 87.9 Å². The molecule has 3 aromatic rings. The molecule has 1 aliphatic heterocycles. The van der Waals surface area contributed by atoms with Crippen LogP contribution in [0.15, 0.2) is 78.9 Å². The molecule has 0 aliphatic carbocycles. The average molecular weight is 1350 g/mol. The smallest absolute Gasteiger partial charge is 0.322 e. The van der Waals surface area contributed by atoms with E-state index >= 15 is 0 Å². The topological polar surface area (TPSA) is 519 Å². The van der Waals surface area contributed by atoms with Gasteiger partial charge in [0.05, 0.1) is 25.2 Å². The number of aromatic hydroxyl groups is 2. The highest BCUT2D eigenvalue weighted by molar-refractivity contribution is 7.98. The van der Waals surface area contributed by atoms with E-state index in [1.807, 2.05) is 0 Å². The summed E-state index contributed by atoms with van der Waals surface area (Å²) in [6.07, 6.45) is -2.53. The molecule has 1 saturated heterocycles. The molecule has 32 nitrogen and oxygen atoms in total. The quantitative estimate of drug-likeness (QED) is 0.0257. The maximum Gasteiger partial charge on any atom is 0.322 e. The summed E-state index contributed by atoms with van der Waals surface area (Å²) >= 11 is 1.34. The molecule has 1 aliphatic rings. The molecule has 12 amide bonds. The average Bonchev–Trinajstić information content (AvgIpc) is 1.93. The number of thioether (sulfide) groups is 1. The predicted molar refractivity (Wildman–Crippen MR) is 342 cm³/mol. The largest absolute Gasteiger partial charge is 0.508 e. The van der Waals surface area contributed by atoms with E-state index in [2.05, 4.69) is 53.2 Å². The molecule has 0 radical (unpaired) electrons. The number of nitrogens with one attached hydrogen (secondary N) is 10. The number of aliphatic carboxylic acids is 1. The van der Waals surface area contributed by atoms with Gasteiger partial charge >= 0.3 is 5.97 Å². The summed E-state index contributed by atoms with van der Waals surface area (Å²) in [5.41, 5.74) is 12.6. The number of benzene rings is 3. The van der Waals surface area contributed by atoms with E-state index < -0.39 is 181 Å². The Kier molecular flexibility index (Phi) is 31.2. The van der Waals surface area contributed by atoms with Gasteiger partial charge in [0.1, 0.15) is 84.5 Å². The maximum atomic E-state index is 14.7. The van der Waals surface area contributed by atoms with Crippen molar-refractivity contribution in [3.8, 4) is 11.5 Å². The first-order valence-electron chi connectivity index (χ1n) is 30.5. The third-order valence-corrected chi connectivity index (χ3v) is 15.8. The van der Waals surface area contributed by atoms with Crippen LogP contribution in [-0.2, 0) is 81.6 Å². The number of hydrogen-bond acceptors (Lipinski definition) is 20. The molecular formula is C62H87N13O19S. The van der Waals surface area contributed by atoms with E-state index in [1.165, 1.54) is 88.0 Å². The van der Waals surface area contributed by atoms with Crippen molar-refractivity contribution in [2.75, 3.05) is 31.7 Å². The third-order valence-electron chi connectivity index (χ3n) is 15.1. The van der Waals surface area contributed by atoms with Crippen LogP contribution in [0.1, 0.15) is 77.0 Å². The predicted octanol–water partition coefficient (Wildman–Crippen LogP) is -4.93. The summed E-state index contributed by atoms with van der Waals surface area (Å²) in [6.45, 7) is 4.89. The minimum absolute atomic E-state index is 0.00762. The van der Waals surface area contributed by atoms with Gasteiger partial charge in [-0.3, -0.25) is 62.3 Å². The molecule has 0 saturated carbocycles. The number of rotatable bonds is 37. The van der Waals surface area contributed by atoms with E-state index in [0.717, 1.165) is 11.8 Å². The zero-order valence-corrected chi connectivity index (χ0v) is 54.2. The molecule has 0 bridgehead atoms. The molecule has 13 atom stereocenters. The molecule has 3 aromatic carbocycles. The molecule has 4 rings (SSSR count). The van der Waals surface area contributed by atoms with Crippen LogP contribution in [0.4, 0.5) is 0 Å².